The molecule has 0 bridgehead atoms. The van der Waals surface area contributed by atoms with E-state index >= 15 is 0 Å². The fourth-order valence-electron chi connectivity index (χ4n) is 1.22. The van der Waals surface area contributed by atoms with Crippen molar-refractivity contribution in [2.24, 2.45) is 0 Å². The summed E-state index contributed by atoms with van der Waals surface area (Å²) in [7, 11) is 0. The van der Waals surface area contributed by atoms with Gasteiger partial charge < -0.3 is 0 Å². The molecule has 0 aliphatic carbocycles. The summed E-state index contributed by atoms with van der Waals surface area (Å²) >= 11 is 8.66. The Labute approximate surface area is 91.7 Å². The number of hydrogen-bond acceptors (Lipinski definition) is 4. The first-order valence-corrected chi connectivity index (χ1v) is 6.44. The Hall–Kier alpha value is -0.0600. The second-order valence-electron chi connectivity index (χ2n) is 2.82. The van der Waals surface area contributed by atoms with Gasteiger partial charge >= 0.3 is 0 Å². The summed E-state index contributed by atoms with van der Waals surface area (Å²) < 4.78 is 1.08. The zero-order chi connectivity index (χ0) is 9.10. The fraction of sp³-hybridized carbons (Fsp3) is 0.333. The maximum Gasteiger partial charge on any atom is 0.104 e. The van der Waals surface area contributed by atoms with Crippen LogP contribution in [0, 0.1) is 0 Å². The van der Waals surface area contributed by atoms with Crippen LogP contribution in [0.1, 0.15) is 11.6 Å². The zero-order valence-electron chi connectivity index (χ0n) is 6.97. The van der Waals surface area contributed by atoms with E-state index in [1.807, 2.05) is 18.3 Å². The van der Waals surface area contributed by atoms with E-state index in [0.717, 1.165) is 15.0 Å². The summed E-state index contributed by atoms with van der Waals surface area (Å²) in [4.78, 5) is 4.36. The predicted octanol–water partition coefficient (Wildman–Crippen LogP) is 2.93. The molecule has 1 nitrogen and oxygen atoms in total. The highest BCUT2D eigenvalue weighted by molar-refractivity contribution is 8.47. The van der Waals surface area contributed by atoms with Crippen molar-refractivity contribution < 1.29 is 0 Å². The molecule has 1 aromatic heterocycles. The monoisotopic (exact) mass is 227 g/mol. The van der Waals surface area contributed by atoms with Crippen LogP contribution in [0.4, 0.5) is 0 Å². The van der Waals surface area contributed by atoms with Gasteiger partial charge in [-0.25, -0.2) is 0 Å². The molecule has 0 amide bonds. The van der Waals surface area contributed by atoms with Crippen LogP contribution >= 0.6 is 35.7 Å². The van der Waals surface area contributed by atoms with Crippen molar-refractivity contribution in [3.8, 4) is 0 Å². The Morgan fingerprint density at radius 3 is 2.69 bits per heavy atom. The highest BCUT2D eigenvalue weighted by Gasteiger charge is 2.19. The third kappa shape index (κ3) is 2.45. The molecule has 4 heteroatoms. The minimum absolute atomic E-state index is 0.572. The van der Waals surface area contributed by atoms with Gasteiger partial charge in [0.1, 0.15) is 3.53 Å². The Balaban J connectivity index is 2.07. The summed E-state index contributed by atoms with van der Waals surface area (Å²) in [6.07, 6.45) is 1.86. The van der Waals surface area contributed by atoms with Crippen molar-refractivity contribution in [2.45, 2.75) is 5.92 Å². The van der Waals surface area contributed by atoms with E-state index in [4.69, 9.17) is 12.2 Å². The second-order valence-corrected chi connectivity index (χ2v) is 6.07. The quantitative estimate of drug-likeness (QED) is 0.684. The highest BCUT2D eigenvalue weighted by atomic mass is 32.2. The molecule has 2 heterocycles. The van der Waals surface area contributed by atoms with Crippen molar-refractivity contribution >= 4 is 39.3 Å². The molecule has 0 radical (unpaired) electrons. The van der Waals surface area contributed by atoms with E-state index in [1.165, 1.54) is 5.69 Å². The van der Waals surface area contributed by atoms with E-state index in [9.17, 15) is 0 Å². The standard InChI is InChI=1S/C9H9NS3/c11-9-12-5-7(6-13-9)8-3-1-2-4-10-8/h1-4,7H,5-6H2. The van der Waals surface area contributed by atoms with Gasteiger partial charge in [-0.15, -0.1) is 23.5 Å². The van der Waals surface area contributed by atoms with Gasteiger partial charge in [0, 0.05) is 29.3 Å². The SMILES string of the molecule is S=C1SCC(c2ccccn2)CS1. The first kappa shape index (κ1) is 9.49. The molecule has 0 aromatic carbocycles. The number of thioether (sulfide) groups is 2. The van der Waals surface area contributed by atoms with Gasteiger partial charge in [0.25, 0.3) is 0 Å². The van der Waals surface area contributed by atoms with Crippen molar-refractivity contribution in [3.05, 3.63) is 30.1 Å². The van der Waals surface area contributed by atoms with Gasteiger partial charge in [0.2, 0.25) is 0 Å². The topological polar surface area (TPSA) is 12.9 Å². The van der Waals surface area contributed by atoms with Gasteiger partial charge in [-0.3, -0.25) is 4.98 Å². The van der Waals surface area contributed by atoms with E-state index in [0.29, 0.717) is 5.92 Å². The van der Waals surface area contributed by atoms with E-state index in [2.05, 4.69) is 11.1 Å². The van der Waals surface area contributed by atoms with Crippen LogP contribution in [-0.2, 0) is 0 Å². The zero-order valence-corrected chi connectivity index (χ0v) is 9.42. The fourth-order valence-corrected chi connectivity index (χ4v) is 3.77. The first-order valence-electron chi connectivity index (χ1n) is 4.07. The second kappa shape index (κ2) is 4.44. The maximum atomic E-state index is 5.11. The number of aromatic nitrogens is 1. The van der Waals surface area contributed by atoms with Crippen LogP contribution in [0.5, 0.6) is 0 Å². The molecule has 0 atom stereocenters. The van der Waals surface area contributed by atoms with Crippen LogP contribution in [0.15, 0.2) is 24.4 Å². The average Bonchev–Trinajstić information content (AvgIpc) is 2.20. The van der Waals surface area contributed by atoms with Gasteiger partial charge in [-0.05, 0) is 12.1 Å². The third-order valence-electron chi connectivity index (χ3n) is 1.91. The molecular weight excluding hydrogens is 218 g/mol. The molecule has 2 rings (SSSR count). The van der Waals surface area contributed by atoms with Crippen molar-refractivity contribution in [3.63, 3.8) is 0 Å². The van der Waals surface area contributed by atoms with E-state index in [-0.39, 0.29) is 0 Å². The smallest absolute Gasteiger partial charge is 0.104 e. The van der Waals surface area contributed by atoms with Crippen molar-refractivity contribution in [2.75, 3.05) is 11.5 Å². The predicted molar refractivity (Wildman–Crippen MR) is 64.5 cm³/mol. The Morgan fingerprint density at radius 1 is 1.31 bits per heavy atom. The maximum absolute atomic E-state index is 5.11. The van der Waals surface area contributed by atoms with Crippen LogP contribution in [0.3, 0.4) is 0 Å². The van der Waals surface area contributed by atoms with Gasteiger partial charge in [0.15, 0.2) is 0 Å². The van der Waals surface area contributed by atoms with E-state index in [1.54, 1.807) is 23.5 Å². The molecule has 0 N–H and O–H groups in total. The van der Waals surface area contributed by atoms with Crippen molar-refractivity contribution in [1.82, 2.24) is 4.98 Å². The largest absolute Gasteiger partial charge is 0.261 e. The van der Waals surface area contributed by atoms with Crippen LogP contribution < -0.4 is 0 Å². The molecule has 1 aliphatic heterocycles. The number of nitrogens with zero attached hydrogens (tertiary/aromatic N) is 1. The lowest BCUT2D eigenvalue weighted by molar-refractivity contribution is 0.849. The lowest BCUT2D eigenvalue weighted by Gasteiger charge is -2.20. The molecule has 68 valence electrons. The molecular formula is C9H9NS3. The first-order chi connectivity index (χ1) is 6.36. The molecule has 1 saturated heterocycles. The van der Waals surface area contributed by atoms with Gasteiger partial charge in [-0.1, -0.05) is 18.3 Å². The number of thiocarbonyl (C=S) groups is 1. The molecule has 0 saturated carbocycles. The minimum Gasteiger partial charge on any atom is -0.261 e. The lowest BCUT2D eigenvalue weighted by Crippen LogP contribution is -2.13. The number of rotatable bonds is 1. The molecule has 1 aliphatic rings. The number of pyridine rings is 1. The van der Waals surface area contributed by atoms with Gasteiger partial charge in [0.05, 0.1) is 0 Å². The van der Waals surface area contributed by atoms with Crippen LogP contribution in [0.25, 0.3) is 0 Å². The van der Waals surface area contributed by atoms with E-state index < -0.39 is 0 Å². The molecule has 1 aromatic rings. The Bertz CT molecular complexity index is 289. The summed E-state index contributed by atoms with van der Waals surface area (Å²) in [6, 6.07) is 6.10. The highest BCUT2D eigenvalue weighted by Crippen LogP contribution is 2.33. The Kier molecular flexibility index (Phi) is 3.24. The van der Waals surface area contributed by atoms with Crippen molar-refractivity contribution in [1.29, 1.82) is 0 Å². The third-order valence-corrected chi connectivity index (χ3v) is 4.93. The lowest BCUT2D eigenvalue weighted by atomic mass is 10.1. The normalized spacial score (nSPS) is 18.9. The summed E-state index contributed by atoms with van der Waals surface area (Å²) in [5, 5.41) is 0. The summed E-state index contributed by atoms with van der Waals surface area (Å²) in [6.45, 7) is 0. The Morgan fingerprint density at radius 2 is 2.08 bits per heavy atom. The van der Waals surface area contributed by atoms with Crippen LogP contribution in [-0.4, -0.2) is 20.0 Å². The van der Waals surface area contributed by atoms with Crippen LogP contribution in [0.2, 0.25) is 0 Å². The summed E-state index contributed by atoms with van der Waals surface area (Å²) in [5.41, 5.74) is 1.20. The molecule has 0 spiro atoms. The minimum atomic E-state index is 0.572. The number of hydrogen-bond donors (Lipinski definition) is 0. The van der Waals surface area contributed by atoms with Gasteiger partial charge in [-0.2, -0.15) is 0 Å². The average molecular weight is 227 g/mol. The molecule has 13 heavy (non-hydrogen) atoms. The summed E-state index contributed by atoms with van der Waals surface area (Å²) in [5.74, 6) is 2.74. The molecule has 0 unspecified atom stereocenters. The molecule has 1 fully saturated rings.